The van der Waals surface area contributed by atoms with Gasteiger partial charge in [-0.1, -0.05) is 62.2 Å². The lowest BCUT2D eigenvalue weighted by molar-refractivity contribution is -0.00518. The van der Waals surface area contributed by atoms with Crippen molar-refractivity contribution in [3.05, 3.63) is 86.7 Å². The molecule has 8 rings (SSSR count). The standard InChI is InChI=1S/C35H37Cl2NS/c1-21-11-29(36)33(37)30(12-21)38(31-20-39-32-10-7-26(16-28(31)32)34(2,3)4)27-8-5-25(6-9-27)35-17-22-13-23(18-35)15-24(14-22)19-35/h5-12,16,20,22-24H,13-15,17-19H2,1-4H3. The molecule has 0 radical (unpaired) electrons. The van der Waals surface area contributed by atoms with E-state index in [1.165, 1.54) is 54.2 Å². The molecule has 4 bridgehead atoms. The molecular weight excluding hydrogens is 537 g/mol. The van der Waals surface area contributed by atoms with Gasteiger partial charge in [0.15, 0.2) is 0 Å². The molecular formula is C35H37Cl2NS. The van der Waals surface area contributed by atoms with Crippen LogP contribution in [0.2, 0.25) is 10.0 Å². The van der Waals surface area contributed by atoms with Gasteiger partial charge in [-0.05, 0) is 127 Å². The largest absolute Gasteiger partial charge is 0.307 e. The van der Waals surface area contributed by atoms with Crippen LogP contribution in [0, 0.1) is 24.7 Å². The van der Waals surface area contributed by atoms with Crippen LogP contribution in [-0.4, -0.2) is 0 Å². The number of benzene rings is 3. The zero-order chi connectivity index (χ0) is 27.1. The van der Waals surface area contributed by atoms with Gasteiger partial charge >= 0.3 is 0 Å². The highest BCUT2D eigenvalue weighted by atomic mass is 35.5. The summed E-state index contributed by atoms with van der Waals surface area (Å²) < 4.78 is 1.28. The van der Waals surface area contributed by atoms with E-state index in [1.807, 2.05) is 6.07 Å². The van der Waals surface area contributed by atoms with Crippen LogP contribution >= 0.6 is 34.5 Å². The quantitative estimate of drug-likeness (QED) is 0.234. The van der Waals surface area contributed by atoms with E-state index < -0.39 is 0 Å². The van der Waals surface area contributed by atoms with Gasteiger partial charge in [-0.15, -0.1) is 11.3 Å². The Labute approximate surface area is 247 Å². The first-order valence-corrected chi connectivity index (χ1v) is 16.1. The van der Waals surface area contributed by atoms with Crippen LogP contribution in [-0.2, 0) is 10.8 Å². The minimum atomic E-state index is 0.0715. The monoisotopic (exact) mass is 573 g/mol. The van der Waals surface area contributed by atoms with Crippen molar-refractivity contribution >= 4 is 61.7 Å². The molecule has 1 aromatic heterocycles. The molecule has 0 saturated heterocycles. The number of hydrogen-bond acceptors (Lipinski definition) is 2. The molecule has 3 aromatic carbocycles. The molecule has 4 aliphatic carbocycles. The summed E-state index contributed by atoms with van der Waals surface area (Å²) in [4.78, 5) is 2.33. The average Bonchev–Trinajstić information content (AvgIpc) is 3.29. The number of thiophene rings is 1. The lowest BCUT2D eigenvalue weighted by Gasteiger charge is -2.57. The first-order valence-electron chi connectivity index (χ1n) is 14.5. The van der Waals surface area contributed by atoms with Gasteiger partial charge in [0, 0.05) is 21.2 Å². The number of halogens is 2. The van der Waals surface area contributed by atoms with Gasteiger partial charge in [0.25, 0.3) is 0 Å². The first-order chi connectivity index (χ1) is 18.6. The normalized spacial score (nSPS) is 25.9. The highest BCUT2D eigenvalue weighted by Crippen LogP contribution is 2.61. The van der Waals surface area contributed by atoms with E-state index in [9.17, 15) is 0 Å². The number of rotatable bonds is 4. The third kappa shape index (κ3) is 4.42. The second-order valence-electron chi connectivity index (χ2n) is 13.7. The van der Waals surface area contributed by atoms with E-state index in [1.54, 1.807) is 16.9 Å². The van der Waals surface area contributed by atoms with Crippen molar-refractivity contribution in [1.29, 1.82) is 0 Å². The van der Waals surface area contributed by atoms with Crippen molar-refractivity contribution in [3.63, 3.8) is 0 Å². The number of aryl methyl sites for hydroxylation is 1. The Morgan fingerprint density at radius 2 is 1.46 bits per heavy atom. The smallest absolute Gasteiger partial charge is 0.0833 e. The molecule has 4 aromatic rings. The van der Waals surface area contributed by atoms with E-state index in [2.05, 4.69) is 86.5 Å². The minimum absolute atomic E-state index is 0.0715. The molecule has 0 spiro atoms. The van der Waals surface area contributed by atoms with Gasteiger partial charge in [-0.3, -0.25) is 0 Å². The molecule has 39 heavy (non-hydrogen) atoms. The van der Waals surface area contributed by atoms with Gasteiger partial charge in [0.05, 0.1) is 21.4 Å². The van der Waals surface area contributed by atoms with Gasteiger partial charge < -0.3 is 4.90 Å². The van der Waals surface area contributed by atoms with Crippen LogP contribution in [0.5, 0.6) is 0 Å². The van der Waals surface area contributed by atoms with Gasteiger partial charge in [0.2, 0.25) is 0 Å². The lowest BCUT2D eigenvalue weighted by Crippen LogP contribution is -2.48. The number of hydrogen-bond donors (Lipinski definition) is 0. The Morgan fingerprint density at radius 3 is 2.08 bits per heavy atom. The van der Waals surface area contributed by atoms with Crippen LogP contribution in [0.1, 0.15) is 76.0 Å². The Morgan fingerprint density at radius 1 is 0.821 bits per heavy atom. The Balaban J connectivity index is 1.36. The summed E-state index contributed by atoms with van der Waals surface area (Å²) in [7, 11) is 0. The van der Waals surface area contributed by atoms with E-state index in [0.29, 0.717) is 15.5 Å². The summed E-state index contributed by atoms with van der Waals surface area (Å²) in [5.41, 5.74) is 7.67. The number of fused-ring (bicyclic) bond motifs is 1. The van der Waals surface area contributed by atoms with E-state index >= 15 is 0 Å². The molecule has 0 atom stereocenters. The first kappa shape index (κ1) is 25.9. The second kappa shape index (κ2) is 9.26. The van der Waals surface area contributed by atoms with Crippen LogP contribution in [0.15, 0.2) is 60.0 Å². The van der Waals surface area contributed by atoms with Crippen molar-refractivity contribution in [2.75, 3.05) is 4.90 Å². The van der Waals surface area contributed by atoms with Crippen molar-refractivity contribution in [2.24, 2.45) is 17.8 Å². The molecule has 0 amide bonds. The highest BCUT2D eigenvalue weighted by Gasteiger charge is 2.51. The van der Waals surface area contributed by atoms with Crippen LogP contribution in [0.25, 0.3) is 10.1 Å². The Hall–Kier alpha value is -2.00. The molecule has 4 aliphatic rings. The van der Waals surface area contributed by atoms with Gasteiger partial charge in [0.1, 0.15) is 0 Å². The minimum Gasteiger partial charge on any atom is -0.307 e. The fourth-order valence-corrected chi connectivity index (χ4v) is 9.73. The third-order valence-electron chi connectivity index (χ3n) is 9.83. The molecule has 0 aliphatic heterocycles. The lowest BCUT2D eigenvalue weighted by atomic mass is 9.48. The summed E-state index contributed by atoms with van der Waals surface area (Å²) in [5, 5.41) is 4.72. The molecule has 4 saturated carbocycles. The maximum absolute atomic E-state index is 6.95. The average molecular weight is 575 g/mol. The third-order valence-corrected chi connectivity index (χ3v) is 11.6. The van der Waals surface area contributed by atoms with Crippen molar-refractivity contribution < 1.29 is 0 Å². The molecule has 4 fully saturated rings. The Kier molecular flexibility index (Phi) is 6.16. The predicted molar refractivity (Wildman–Crippen MR) is 170 cm³/mol. The van der Waals surface area contributed by atoms with Crippen LogP contribution in [0.3, 0.4) is 0 Å². The van der Waals surface area contributed by atoms with Crippen molar-refractivity contribution in [1.82, 2.24) is 0 Å². The maximum atomic E-state index is 6.95. The van der Waals surface area contributed by atoms with E-state index in [0.717, 1.165) is 40.4 Å². The number of anilines is 3. The zero-order valence-corrected chi connectivity index (χ0v) is 25.7. The fraction of sp³-hybridized carbons (Fsp3) is 0.429. The van der Waals surface area contributed by atoms with E-state index in [4.69, 9.17) is 23.2 Å². The zero-order valence-electron chi connectivity index (χ0n) is 23.4. The summed E-state index contributed by atoms with van der Waals surface area (Å²) >= 11 is 15.4. The van der Waals surface area contributed by atoms with Crippen molar-refractivity contribution in [3.8, 4) is 0 Å². The van der Waals surface area contributed by atoms with Gasteiger partial charge in [-0.25, -0.2) is 0 Å². The maximum Gasteiger partial charge on any atom is 0.0833 e. The predicted octanol–water partition coefficient (Wildman–Crippen LogP) is 11.8. The molecule has 1 heterocycles. The van der Waals surface area contributed by atoms with Crippen LogP contribution in [0.4, 0.5) is 17.1 Å². The second-order valence-corrected chi connectivity index (χ2v) is 15.4. The fourth-order valence-electron chi connectivity index (χ4n) is 8.36. The highest BCUT2D eigenvalue weighted by molar-refractivity contribution is 7.17. The molecule has 0 unspecified atom stereocenters. The van der Waals surface area contributed by atoms with Crippen LogP contribution < -0.4 is 4.90 Å². The van der Waals surface area contributed by atoms with Crippen molar-refractivity contribution in [2.45, 2.75) is 77.0 Å². The summed E-state index contributed by atoms with van der Waals surface area (Å²) in [5.74, 6) is 2.82. The topological polar surface area (TPSA) is 3.24 Å². The van der Waals surface area contributed by atoms with E-state index in [-0.39, 0.29) is 5.41 Å². The van der Waals surface area contributed by atoms with Gasteiger partial charge in [-0.2, -0.15) is 0 Å². The molecule has 4 heteroatoms. The molecule has 202 valence electrons. The number of nitrogens with zero attached hydrogens (tertiary/aromatic N) is 1. The Bertz CT molecular complexity index is 1520. The summed E-state index contributed by atoms with van der Waals surface area (Å²) in [6.45, 7) is 8.92. The summed E-state index contributed by atoms with van der Waals surface area (Å²) in [6, 6.07) is 20.5. The SMILES string of the molecule is Cc1cc(Cl)c(Cl)c(N(c2ccc(C34CC5CC(CC(C5)C3)C4)cc2)c2csc3ccc(C(C)(C)C)cc23)c1. The molecule has 0 N–H and O–H groups in total. The molecule has 1 nitrogen and oxygen atoms in total. The summed E-state index contributed by atoms with van der Waals surface area (Å²) in [6.07, 6.45) is 8.56.